The fourth-order valence-electron chi connectivity index (χ4n) is 5.36. The predicted octanol–water partition coefficient (Wildman–Crippen LogP) is 4.21. The van der Waals surface area contributed by atoms with Gasteiger partial charge in [-0.15, -0.1) is 0 Å². The summed E-state index contributed by atoms with van der Waals surface area (Å²) in [6.07, 6.45) is -0.172. The van der Waals surface area contributed by atoms with Crippen molar-refractivity contribution in [3.63, 3.8) is 0 Å². The van der Waals surface area contributed by atoms with Gasteiger partial charge in [0.2, 0.25) is 0 Å². The second-order valence-corrected chi connectivity index (χ2v) is 11.2. The van der Waals surface area contributed by atoms with Gasteiger partial charge in [-0.2, -0.15) is 5.26 Å². The smallest absolute Gasteiger partial charge is 0.251 e. The van der Waals surface area contributed by atoms with Gasteiger partial charge in [0.25, 0.3) is 5.91 Å². The number of halogens is 1. The van der Waals surface area contributed by atoms with Crippen molar-refractivity contribution in [1.29, 1.82) is 5.26 Å². The number of benzene rings is 2. The molecule has 0 aliphatic heterocycles. The molecule has 0 radical (unpaired) electrons. The van der Waals surface area contributed by atoms with Gasteiger partial charge >= 0.3 is 0 Å². The summed E-state index contributed by atoms with van der Waals surface area (Å²) in [7, 11) is 0. The Hall–Kier alpha value is -2.87. The average molecular weight is 574 g/mol. The van der Waals surface area contributed by atoms with Gasteiger partial charge in [0.15, 0.2) is 0 Å². The van der Waals surface area contributed by atoms with Crippen molar-refractivity contribution < 1.29 is 28.5 Å². The van der Waals surface area contributed by atoms with Crippen LogP contribution >= 0.6 is 11.6 Å². The topological polar surface area (TPSA) is 125 Å². The molecule has 0 bridgehead atoms. The van der Waals surface area contributed by atoms with Crippen LogP contribution in [0.15, 0.2) is 42.5 Å². The molecule has 1 aliphatic carbocycles. The van der Waals surface area contributed by atoms with Crippen molar-refractivity contribution in [3.8, 4) is 17.6 Å². The highest BCUT2D eigenvalue weighted by molar-refractivity contribution is 6.31. The van der Waals surface area contributed by atoms with E-state index in [2.05, 4.69) is 39.1 Å². The molecule has 0 aromatic heterocycles. The van der Waals surface area contributed by atoms with Crippen molar-refractivity contribution in [1.82, 2.24) is 5.32 Å². The molecule has 9 nitrogen and oxygen atoms in total. The summed E-state index contributed by atoms with van der Waals surface area (Å²) in [4.78, 5) is 13.1. The molecule has 218 valence electrons. The minimum absolute atomic E-state index is 0.123. The van der Waals surface area contributed by atoms with Crippen LogP contribution in [-0.4, -0.2) is 70.8 Å². The number of nitrogens with zero attached hydrogens (tertiary/aromatic N) is 1. The molecule has 0 heterocycles. The molecule has 0 atom stereocenters. The predicted molar refractivity (Wildman–Crippen MR) is 153 cm³/mol. The molecule has 1 fully saturated rings. The van der Waals surface area contributed by atoms with Gasteiger partial charge in [-0.1, -0.05) is 39.3 Å². The lowest BCUT2D eigenvalue weighted by Crippen LogP contribution is -2.74. The lowest BCUT2D eigenvalue weighted by atomic mass is 9.49. The van der Waals surface area contributed by atoms with E-state index in [-0.39, 0.29) is 28.9 Å². The summed E-state index contributed by atoms with van der Waals surface area (Å²) in [5.74, 6) is 1.10. The Labute approximate surface area is 241 Å². The minimum Gasteiger partial charge on any atom is -0.491 e. The van der Waals surface area contributed by atoms with Crippen molar-refractivity contribution >= 4 is 17.5 Å². The number of hydrogen-bond acceptors (Lipinski definition) is 8. The van der Waals surface area contributed by atoms with Crippen LogP contribution in [0.2, 0.25) is 5.02 Å². The SMILES string of the molecule is CC1(C)C(NC(=O)c2ccc(OCCOCCOCCOCCN)cc2)C(C)(C)C1Oc1ccc(C#N)c(Cl)c1. The van der Waals surface area contributed by atoms with Gasteiger partial charge in [0.1, 0.15) is 30.3 Å². The molecule has 1 aliphatic rings. The van der Waals surface area contributed by atoms with Crippen LogP contribution in [0.3, 0.4) is 0 Å². The minimum atomic E-state index is -0.341. The van der Waals surface area contributed by atoms with E-state index in [4.69, 9.17) is 46.3 Å². The Bertz CT molecular complexity index is 1130. The Morgan fingerprint density at radius 2 is 1.45 bits per heavy atom. The van der Waals surface area contributed by atoms with Crippen molar-refractivity contribution in [2.24, 2.45) is 16.6 Å². The van der Waals surface area contributed by atoms with Crippen LogP contribution < -0.4 is 20.5 Å². The molecule has 0 unspecified atom stereocenters. The first kappa shape index (κ1) is 31.7. The zero-order valence-electron chi connectivity index (χ0n) is 23.7. The Kier molecular flexibility index (Phi) is 11.6. The highest BCUT2D eigenvalue weighted by Gasteiger charge is 2.64. The summed E-state index contributed by atoms with van der Waals surface area (Å²) >= 11 is 6.18. The molecule has 2 aromatic carbocycles. The molecule has 10 heteroatoms. The average Bonchev–Trinajstić information content (AvgIpc) is 2.93. The third-order valence-corrected chi connectivity index (χ3v) is 7.36. The molecule has 0 spiro atoms. The van der Waals surface area contributed by atoms with Crippen molar-refractivity contribution in [2.75, 3.05) is 52.8 Å². The standard InChI is InChI=1S/C30H40ClN3O6/c1-29(2)27(30(3,4)28(29)40-24-10-7-22(20-33)25(31)19-24)34-26(35)21-5-8-23(9-6-21)39-18-17-38-16-15-37-14-13-36-12-11-32/h5-10,19,27-28H,11-18,32H2,1-4H3,(H,34,35). The van der Waals surface area contributed by atoms with E-state index < -0.39 is 0 Å². The molecular formula is C30H40ClN3O6. The maximum atomic E-state index is 13.1. The number of amides is 1. The first-order valence-electron chi connectivity index (χ1n) is 13.4. The summed E-state index contributed by atoms with van der Waals surface area (Å²) in [5.41, 5.74) is 5.61. The lowest BCUT2D eigenvalue weighted by molar-refractivity contribution is -0.164. The fraction of sp³-hybridized carbons (Fsp3) is 0.533. The molecule has 0 saturated heterocycles. The van der Waals surface area contributed by atoms with Crippen molar-refractivity contribution in [2.45, 2.75) is 39.8 Å². The number of carbonyl (C=O) groups excluding carboxylic acids is 1. The Morgan fingerprint density at radius 3 is 2.00 bits per heavy atom. The van der Waals surface area contributed by atoms with E-state index in [1.165, 1.54) is 0 Å². The van der Waals surface area contributed by atoms with Crippen LogP contribution in [0.25, 0.3) is 0 Å². The number of hydrogen-bond donors (Lipinski definition) is 2. The maximum absolute atomic E-state index is 13.1. The summed E-state index contributed by atoms with van der Waals surface area (Å²) in [6.45, 7) is 12.1. The molecule has 2 aromatic rings. The molecule has 1 amide bonds. The van der Waals surface area contributed by atoms with Gasteiger partial charge < -0.3 is 34.7 Å². The molecule has 3 rings (SSSR count). The highest BCUT2D eigenvalue weighted by Crippen LogP contribution is 2.55. The zero-order chi connectivity index (χ0) is 29.2. The van der Waals surface area contributed by atoms with Gasteiger partial charge in [-0.25, -0.2) is 0 Å². The van der Waals surface area contributed by atoms with E-state index in [9.17, 15) is 4.79 Å². The maximum Gasteiger partial charge on any atom is 0.251 e. The van der Waals surface area contributed by atoms with Gasteiger partial charge in [-0.3, -0.25) is 4.79 Å². The van der Waals surface area contributed by atoms with E-state index in [1.807, 2.05) is 0 Å². The number of rotatable bonds is 16. The second-order valence-electron chi connectivity index (χ2n) is 10.8. The van der Waals surface area contributed by atoms with Crippen LogP contribution in [-0.2, 0) is 14.2 Å². The van der Waals surface area contributed by atoms with Crippen LogP contribution in [0.1, 0.15) is 43.6 Å². The second kappa shape index (κ2) is 14.7. The van der Waals surface area contributed by atoms with Gasteiger partial charge in [0.05, 0.1) is 50.2 Å². The molecule has 3 N–H and O–H groups in total. The summed E-state index contributed by atoms with van der Waals surface area (Å²) in [6, 6.07) is 14.0. The zero-order valence-corrected chi connectivity index (χ0v) is 24.5. The highest BCUT2D eigenvalue weighted by atomic mass is 35.5. The molecule has 40 heavy (non-hydrogen) atoms. The fourth-order valence-corrected chi connectivity index (χ4v) is 5.57. The number of nitriles is 1. The Morgan fingerprint density at radius 1 is 0.900 bits per heavy atom. The number of carbonyl (C=O) groups is 1. The van der Waals surface area contributed by atoms with E-state index in [0.29, 0.717) is 80.4 Å². The lowest BCUT2D eigenvalue weighted by Gasteiger charge is -2.63. The normalized spacial score (nSPS) is 18.8. The van der Waals surface area contributed by atoms with Gasteiger partial charge in [-0.05, 0) is 36.4 Å². The molecule has 1 saturated carbocycles. The van der Waals surface area contributed by atoms with Crippen LogP contribution in [0.5, 0.6) is 11.5 Å². The third kappa shape index (κ3) is 8.09. The monoisotopic (exact) mass is 573 g/mol. The Balaban J connectivity index is 1.42. The first-order valence-corrected chi connectivity index (χ1v) is 13.8. The number of ether oxygens (including phenoxy) is 5. The summed E-state index contributed by atoms with van der Waals surface area (Å²) < 4.78 is 28.1. The van der Waals surface area contributed by atoms with Gasteiger partial charge in [0, 0.05) is 35.0 Å². The van der Waals surface area contributed by atoms with Crippen LogP contribution in [0.4, 0.5) is 0 Å². The first-order chi connectivity index (χ1) is 19.1. The largest absolute Gasteiger partial charge is 0.491 e. The number of nitrogens with one attached hydrogen (secondary N) is 1. The van der Waals surface area contributed by atoms with Crippen LogP contribution in [0, 0.1) is 22.2 Å². The van der Waals surface area contributed by atoms with E-state index in [0.717, 1.165) is 0 Å². The summed E-state index contributed by atoms with van der Waals surface area (Å²) in [5, 5.41) is 12.7. The molecular weight excluding hydrogens is 534 g/mol. The quantitative estimate of drug-likeness (QED) is 0.286. The van der Waals surface area contributed by atoms with E-state index in [1.54, 1.807) is 42.5 Å². The third-order valence-electron chi connectivity index (χ3n) is 7.05. The van der Waals surface area contributed by atoms with Crippen molar-refractivity contribution in [3.05, 3.63) is 58.6 Å². The van der Waals surface area contributed by atoms with E-state index >= 15 is 0 Å². The number of nitrogens with two attached hydrogens (primary N) is 1.